The molecule has 0 unspecified atom stereocenters. The second-order valence-electron chi connectivity index (χ2n) is 2.42. The SMILES string of the molecule is O=C(O)CN/N=C/c1ccc([N+](=O)[O-])o1. The molecule has 0 saturated heterocycles. The van der Waals surface area contributed by atoms with Gasteiger partial charge in [-0.2, -0.15) is 5.10 Å². The lowest BCUT2D eigenvalue weighted by Gasteiger charge is -1.91. The van der Waals surface area contributed by atoms with E-state index in [1.165, 1.54) is 12.1 Å². The summed E-state index contributed by atoms with van der Waals surface area (Å²) in [5.74, 6) is -1.29. The molecule has 1 heterocycles. The number of nitrogens with one attached hydrogen (secondary N) is 1. The molecule has 0 aliphatic heterocycles. The van der Waals surface area contributed by atoms with Crippen molar-refractivity contribution in [1.82, 2.24) is 5.43 Å². The number of carbonyl (C=O) groups is 1. The molecule has 1 aromatic rings. The summed E-state index contributed by atoms with van der Waals surface area (Å²) in [6.45, 7) is -0.334. The van der Waals surface area contributed by atoms with E-state index in [4.69, 9.17) is 9.52 Å². The molecule has 1 aromatic heterocycles. The number of rotatable bonds is 5. The average molecular weight is 213 g/mol. The van der Waals surface area contributed by atoms with E-state index in [1.54, 1.807) is 0 Å². The predicted octanol–water partition coefficient (Wildman–Crippen LogP) is 0.196. The Bertz CT molecular complexity index is 397. The van der Waals surface area contributed by atoms with Gasteiger partial charge in [0.1, 0.15) is 11.5 Å². The quantitative estimate of drug-likeness (QED) is 0.409. The lowest BCUT2D eigenvalue weighted by Crippen LogP contribution is -2.16. The largest absolute Gasteiger partial charge is 0.480 e. The molecule has 2 N–H and O–H groups in total. The molecule has 15 heavy (non-hydrogen) atoms. The molecule has 0 aromatic carbocycles. The molecule has 8 nitrogen and oxygen atoms in total. The predicted molar refractivity (Wildman–Crippen MR) is 48.6 cm³/mol. The summed E-state index contributed by atoms with van der Waals surface area (Å²) in [5, 5.41) is 21.9. The van der Waals surface area contributed by atoms with E-state index in [-0.39, 0.29) is 12.3 Å². The van der Waals surface area contributed by atoms with Crippen LogP contribution in [0.4, 0.5) is 5.88 Å². The van der Waals surface area contributed by atoms with E-state index in [9.17, 15) is 14.9 Å². The zero-order valence-electron chi connectivity index (χ0n) is 7.41. The normalized spacial score (nSPS) is 10.4. The lowest BCUT2D eigenvalue weighted by molar-refractivity contribution is -0.402. The molecule has 0 aliphatic rings. The first kappa shape index (κ1) is 10.7. The second-order valence-corrected chi connectivity index (χ2v) is 2.42. The molecule has 0 fully saturated rings. The first-order chi connectivity index (χ1) is 7.09. The number of hydrogen-bond acceptors (Lipinski definition) is 6. The molecular weight excluding hydrogens is 206 g/mol. The van der Waals surface area contributed by atoms with Gasteiger partial charge in [-0.1, -0.05) is 0 Å². The maximum Gasteiger partial charge on any atom is 0.433 e. The Kier molecular flexibility index (Phi) is 3.38. The number of carboxylic acids is 1. The third kappa shape index (κ3) is 3.46. The van der Waals surface area contributed by atoms with Crippen LogP contribution in [0.5, 0.6) is 0 Å². The van der Waals surface area contributed by atoms with Crippen LogP contribution in [0.25, 0.3) is 0 Å². The van der Waals surface area contributed by atoms with Crippen LogP contribution in [0, 0.1) is 10.1 Å². The Balaban J connectivity index is 2.50. The van der Waals surface area contributed by atoms with E-state index < -0.39 is 16.8 Å². The summed E-state index contributed by atoms with van der Waals surface area (Å²) >= 11 is 0. The van der Waals surface area contributed by atoms with Gasteiger partial charge in [-0.05, 0) is 6.07 Å². The van der Waals surface area contributed by atoms with Crippen LogP contribution in [0.2, 0.25) is 0 Å². The van der Waals surface area contributed by atoms with Gasteiger partial charge in [0, 0.05) is 0 Å². The van der Waals surface area contributed by atoms with Gasteiger partial charge in [0.2, 0.25) is 0 Å². The number of nitrogens with zero attached hydrogens (tertiary/aromatic N) is 2. The van der Waals surface area contributed by atoms with Gasteiger partial charge in [0.25, 0.3) is 0 Å². The van der Waals surface area contributed by atoms with Crippen molar-refractivity contribution in [2.45, 2.75) is 0 Å². The maximum atomic E-state index is 10.2. The Morgan fingerprint density at radius 1 is 1.73 bits per heavy atom. The Morgan fingerprint density at radius 2 is 2.47 bits per heavy atom. The number of aliphatic carboxylic acids is 1. The van der Waals surface area contributed by atoms with Gasteiger partial charge in [0.15, 0.2) is 5.76 Å². The third-order valence-electron chi connectivity index (χ3n) is 1.31. The maximum absolute atomic E-state index is 10.2. The zero-order valence-corrected chi connectivity index (χ0v) is 7.41. The van der Waals surface area contributed by atoms with Crippen molar-refractivity contribution in [3.8, 4) is 0 Å². The van der Waals surface area contributed by atoms with Crippen molar-refractivity contribution in [2.24, 2.45) is 5.10 Å². The second kappa shape index (κ2) is 4.74. The van der Waals surface area contributed by atoms with Crippen molar-refractivity contribution < 1.29 is 19.2 Å². The molecule has 80 valence electrons. The summed E-state index contributed by atoms with van der Waals surface area (Å²) in [5.41, 5.74) is 2.21. The highest BCUT2D eigenvalue weighted by Crippen LogP contribution is 2.13. The number of nitro groups is 1. The molecule has 0 spiro atoms. The molecule has 1 rings (SSSR count). The first-order valence-corrected chi connectivity index (χ1v) is 3.81. The summed E-state index contributed by atoms with van der Waals surface area (Å²) in [7, 11) is 0. The van der Waals surface area contributed by atoms with E-state index in [1.807, 2.05) is 0 Å². The standard InChI is InChI=1S/C7H7N3O5/c11-7(12)4-9-8-3-5-1-2-6(15-5)10(13)14/h1-3,9H,4H2,(H,11,12)/b8-3+. The van der Waals surface area contributed by atoms with Crippen LogP contribution in [0.15, 0.2) is 21.7 Å². The van der Waals surface area contributed by atoms with Gasteiger partial charge in [-0.25, -0.2) is 0 Å². The highest BCUT2D eigenvalue weighted by Gasteiger charge is 2.09. The van der Waals surface area contributed by atoms with Crippen LogP contribution < -0.4 is 5.43 Å². The first-order valence-electron chi connectivity index (χ1n) is 3.81. The van der Waals surface area contributed by atoms with Crippen LogP contribution in [-0.2, 0) is 4.79 Å². The minimum atomic E-state index is -1.06. The van der Waals surface area contributed by atoms with Crippen LogP contribution in [-0.4, -0.2) is 28.8 Å². The molecular formula is C7H7N3O5. The molecule has 0 amide bonds. The third-order valence-corrected chi connectivity index (χ3v) is 1.31. The summed E-state index contributed by atoms with van der Waals surface area (Å²) in [6, 6.07) is 2.53. The van der Waals surface area contributed by atoms with Gasteiger partial charge in [-0.15, -0.1) is 0 Å². The van der Waals surface area contributed by atoms with E-state index >= 15 is 0 Å². The molecule has 0 radical (unpaired) electrons. The van der Waals surface area contributed by atoms with E-state index in [0.717, 1.165) is 6.21 Å². The number of furan rings is 1. The van der Waals surface area contributed by atoms with Crippen molar-refractivity contribution in [3.63, 3.8) is 0 Å². The van der Waals surface area contributed by atoms with Gasteiger partial charge in [-0.3, -0.25) is 20.3 Å². The fourth-order valence-corrected chi connectivity index (χ4v) is 0.732. The van der Waals surface area contributed by atoms with E-state index in [2.05, 4.69) is 10.5 Å². The molecule has 0 atom stereocenters. The van der Waals surface area contributed by atoms with Crippen molar-refractivity contribution in [1.29, 1.82) is 0 Å². The van der Waals surface area contributed by atoms with Gasteiger partial charge >= 0.3 is 11.9 Å². The lowest BCUT2D eigenvalue weighted by atomic mass is 10.5. The highest BCUT2D eigenvalue weighted by atomic mass is 16.6. The smallest absolute Gasteiger partial charge is 0.433 e. The molecule has 8 heteroatoms. The van der Waals surface area contributed by atoms with E-state index in [0.29, 0.717) is 0 Å². The zero-order chi connectivity index (χ0) is 11.3. The van der Waals surface area contributed by atoms with Gasteiger partial charge < -0.3 is 9.52 Å². The van der Waals surface area contributed by atoms with Crippen LogP contribution >= 0.6 is 0 Å². The fraction of sp³-hybridized carbons (Fsp3) is 0.143. The average Bonchev–Trinajstić information content (AvgIpc) is 2.60. The summed E-state index contributed by atoms with van der Waals surface area (Å²) in [6.07, 6.45) is 1.15. The van der Waals surface area contributed by atoms with Crippen molar-refractivity contribution >= 4 is 18.1 Å². The molecule has 0 saturated carbocycles. The number of hydrogen-bond donors (Lipinski definition) is 2. The molecule has 0 bridgehead atoms. The van der Waals surface area contributed by atoms with Crippen molar-refractivity contribution in [3.05, 3.63) is 28.0 Å². The van der Waals surface area contributed by atoms with Gasteiger partial charge in [0.05, 0.1) is 12.3 Å². The Hall–Kier alpha value is -2.38. The Labute approximate surface area is 83.3 Å². The Morgan fingerprint density at radius 3 is 3.00 bits per heavy atom. The highest BCUT2D eigenvalue weighted by molar-refractivity contribution is 5.76. The fourth-order valence-electron chi connectivity index (χ4n) is 0.732. The minimum Gasteiger partial charge on any atom is -0.480 e. The molecule has 0 aliphatic carbocycles. The number of carboxylic acid groups (broad SMARTS) is 1. The van der Waals surface area contributed by atoms with Crippen LogP contribution in [0.3, 0.4) is 0 Å². The van der Waals surface area contributed by atoms with Crippen LogP contribution in [0.1, 0.15) is 5.76 Å². The monoisotopic (exact) mass is 213 g/mol. The van der Waals surface area contributed by atoms with Crippen molar-refractivity contribution in [2.75, 3.05) is 6.54 Å². The number of hydrazone groups is 1. The topological polar surface area (TPSA) is 118 Å². The summed E-state index contributed by atoms with van der Waals surface area (Å²) in [4.78, 5) is 19.6. The summed E-state index contributed by atoms with van der Waals surface area (Å²) < 4.78 is 4.72. The minimum absolute atomic E-state index is 0.166.